The van der Waals surface area contributed by atoms with Crippen molar-refractivity contribution >= 4 is 40.6 Å². The van der Waals surface area contributed by atoms with E-state index in [4.69, 9.17) is 16.1 Å². The van der Waals surface area contributed by atoms with Crippen LogP contribution in [0.1, 0.15) is 12.3 Å². The van der Waals surface area contributed by atoms with E-state index in [-0.39, 0.29) is 5.91 Å². The zero-order chi connectivity index (χ0) is 17.5. The number of rotatable bonds is 8. The summed E-state index contributed by atoms with van der Waals surface area (Å²) < 4.78 is 5.18. The van der Waals surface area contributed by atoms with Gasteiger partial charge in [0, 0.05) is 46.0 Å². The first-order chi connectivity index (χ1) is 12.2. The maximum Gasteiger partial charge on any atom is 0.227 e. The topological polar surface area (TPSA) is 68.0 Å². The van der Waals surface area contributed by atoms with Gasteiger partial charge in [-0.1, -0.05) is 16.8 Å². The number of carbonyl (C=O) groups is 1. The number of hydrogen-bond acceptors (Lipinski definition) is 6. The van der Waals surface area contributed by atoms with E-state index in [2.05, 4.69) is 15.5 Å². The van der Waals surface area contributed by atoms with Gasteiger partial charge in [0.2, 0.25) is 17.6 Å². The third kappa shape index (κ3) is 5.59. The lowest BCUT2D eigenvalue weighted by atomic mass is 10.3. The predicted molar refractivity (Wildman–Crippen MR) is 101 cm³/mol. The van der Waals surface area contributed by atoms with Crippen molar-refractivity contribution in [1.82, 2.24) is 15.5 Å². The zero-order valence-electron chi connectivity index (χ0n) is 13.3. The first kappa shape index (κ1) is 18.0. The van der Waals surface area contributed by atoms with Crippen molar-refractivity contribution in [2.24, 2.45) is 0 Å². The summed E-state index contributed by atoms with van der Waals surface area (Å²) in [6, 6.07) is 9.59. The SMILES string of the molecule is O=C(CCc1nc(-c2ccsc2)no1)NCCSc1ccc(Cl)cc1. The van der Waals surface area contributed by atoms with Crippen LogP contribution in [-0.4, -0.2) is 28.3 Å². The van der Waals surface area contributed by atoms with Crippen LogP contribution in [0, 0.1) is 0 Å². The third-order valence-corrected chi connectivity index (χ3v) is 5.27. The summed E-state index contributed by atoms with van der Waals surface area (Å²) in [5, 5.41) is 11.5. The Labute approximate surface area is 158 Å². The number of thioether (sulfide) groups is 1. The van der Waals surface area contributed by atoms with Crippen molar-refractivity contribution in [3.8, 4) is 11.4 Å². The van der Waals surface area contributed by atoms with Crippen LogP contribution >= 0.6 is 34.7 Å². The molecule has 5 nitrogen and oxygen atoms in total. The van der Waals surface area contributed by atoms with Crippen LogP contribution in [0.15, 0.2) is 50.5 Å². The van der Waals surface area contributed by atoms with Crippen LogP contribution < -0.4 is 5.32 Å². The van der Waals surface area contributed by atoms with Crippen LogP contribution in [0.2, 0.25) is 5.02 Å². The predicted octanol–water partition coefficient (Wildman–Crippen LogP) is 4.29. The summed E-state index contributed by atoms with van der Waals surface area (Å²) in [5.41, 5.74) is 0.934. The lowest BCUT2D eigenvalue weighted by Gasteiger charge is -2.04. The van der Waals surface area contributed by atoms with Gasteiger partial charge < -0.3 is 9.84 Å². The van der Waals surface area contributed by atoms with E-state index in [0.29, 0.717) is 31.1 Å². The van der Waals surface area contributed by atoms with E-state index < -0.39 is 0 Å². The molecule has 0 atom stereocenters. The first-order valence-corrected chi connectivity index (χ1v) is 10.0. The van der Waals surface area contributed by atoms with Gasteiger partial charge in [-0.3, -0.25) is 4.79 Å². The quantitative estimate of drug-likeness (QED) is 0.456. The molecule has 0 radical (unpaired) electrons. The minimum atomic E-state index is -0.0213. The van der Waals surface area contributed by atoms with Crippen molar-refractivity contribution in [3.05, 3.63) is 52.0 Å². The largest absolute Gasteiger partial charge is 0.355 e. The number of halogens is 1. The second-order valence-corrected chi connectivity index (χ2v) is 7.56. The average Bonchev–Trinajstić information content (AvgIpc) is 3.29. The summed E-state index contributed by atoms with van der Waals surface area (Å²) in [7, 11) is 0. The Morgan fingerprint density at radius 3 is 2.88 bits per heavy atom. The molecule has 3 aromatic rings. The molecular weight excluding hydrogens is 378 g/mol. The molecular formula is C17H16ClN3O2S2. The van der Waals surface area contributed by atoms with Gasteiger partial charge in [-0.25, -0.2) is 0 Å². The highest BCUT2D eigenvalue weighted by molar-refractivity contribution is 7.99. The monoisotopic (exact) mass is 393 g/mol. The molecule has 3 rings (SSSR count). The lowest BCUT2D eigenvalue weighted by molar-refractivity contribution is -0.121. The van der Waals surface area contributed by atoms with Crippen LogP contribution in [0.25, 0.3) is 11.4 Å². The Morgan fingerprint density at radius 1 is 1.28 bits per heavy atom. The third-order valence-electron chi connectivity index (χ3n) is 3.32. The molecule has 0 saturated heterocycles. The molecule has 0 fully saturated rings. The number of carbonyl (C=O) groups excluding carboxylic acids is 1. The highest BCUT2D eigenvalue weighted by Gasteiger charge is 2.10. The number of nitrogens with zero attached hydrogens (tertiary/aromatic N) is 2. The summed E-state index contributed by atoms with van der Waals surface area (Å²) >= 11 is 9.10. The minimum absolute atomic E-state index is 0.0213. The van der Waals surface area contributed by atoms with Crippen molar-refractivity contribution in [2.75, 3.05) is 12.3 Å². The van der Waals surface area contributed by atoms with Crippen LogP contribution in [0.4, 0.5) is 0 Å². The molecule has 0 saturated carbocycles. The van der Waals surface area contributed by atoms with Crippen molar-refractivity contribution < 1.29 is 9.32 Å². The second kappa shape index (κ2) is 9.03. The Balaban J connectivity index is 1.35. The molecule has 0 unspecified atom stereocenters. The maximum atomic E-state index is 11.9. The molecule has 1 aromatic carbocycles. The summed E-state index contributed by atoms with van der Waals surface area (Å²) in [5.74, 6) is 1.82. The van der Waals surface area contributed by atoms with E-state index in [1.165, 1.54) is 0 Å². The first-order valence-electron chi connectivity index (χ1n) is 7.71. The maximum absolute atomic E-state index is 11.9. The Bertz CT molecular complexity index is 804. The highest BCUT2D eigenvalue weighted by atomic mass is 35.5. The average molecular weight is 394 g/mol. The van der Waals surface area contributed by atoms with Crippen molar-refractivity contribution in [2.45, 2.75) is 17.7 Å². The molecule has 0 bridgehead atoms. The molecule has 0 aliphatic rings. The standard InChI is InChI=1S/C17H16ClN3O2S2/c18-13-1-3-14(4-2-13)25-10-8-19-15(22)5-6-16-20-17(21-23-16)12-7-9-24-11-12/h1-4,7,9,11H,5-6,8,10H2,(H,19,22). The van der Waals surface area contributed by atoms with Gasteiger partial charge in [-0.15, -0.1) is 11.8 Å². The number of nitrogens with one attached hydrogen (secondary N) is 1. The molecule has 2 heterocycles. The van der Waals surface area contributed by atoms with Crippen LogP contribution in [0.3, 0.4) is 0 Å². The lowest BCUT2D eigenvalue weighted by Crippen LogP contribution is -2.25. The molecule has 1 N–H and O–H groups in total. The number of thiophene rings is 1. The van der Waals surface area contributed by atoms with Crippen molar-refractivity contribution in [1.29, 1.82) is 0 Å². The van der Waals surface area contributed by atoms with Gasteiger partial charge in [-0.05, 0) is 35.7 Å². The number of aryl methyl sites for hydroxylation is 1. The fourth-order valence-corrected chi connectivity index (χ4v) is 3.59. The van der Waals surface area contributed by atoms with E-state index in [1.807, 2.05) is 41.1 Å². The summed E-state index contributed by atoms with van der Waals surface area (Å²) in [6.45, 7) is 0.607. The van der Waals surface area contributed by atoms with Crippen molar-refractivity contribution in [3.63, 3.8) is 0 Å². The fourth-order valence-electron chi connectivity index (χ4n) is 2.06. The van der Waals surface area contributed by atoms with Gasteiger partial charge in [0.1, 0.15) is 0 Å². The molecule has 130 valence electrons. The second-order valence-electron chi connectivity index (χ2n) is 5.18. The Morgan fingerprint density at radius 2 is 2.12 bits per heavy atom. The van der Waals surface area contributed by atoms with Gasteiger partial charge >= 0.3 is 0 Å². The zero-order valence-corrected chi connectivity index (χ0v) is 15.7. The molecule has 2 aromatic heterocycles. The fraction of sp³-hybridized carbons (Fsp3) is 0.235. The summed E-state index contributed by atoms with van der Waals surface area (Å²) in [4.78, 5) is 17.3. The van der Waals surface area contributed by atoms with E-state index >= 15 is 0 Å². The molecule has 1 amide bonds. The smallest absolute Gasteiger partial charge is 0.227 e. The van der Waals surface area contributed by atoms with E-state index in [0.717, 1.165) is 21.2 Å². The van der Waals surface area contributed by atoms with Gasteiger partial charge in [0.25, 0.3) is 0 Å². The highest BCUT2D eigenvalue weighted by Crippen LogP contribution is 2.20. The summed E-state index contributed by atoms with van der Waals surface area (Å²) in [6.07, 6.45) is 0.768. The van der Waals surface area contributed by atoms with Gasteiger partial charge in [0.15, 0.2) is 0 Å². The molecule has 0 aliphatic carbocycles. The number of hydrogen-bond donors (Lipinski definition) is 1. The Kier molecular flexibility index (Phi) is 6.49. The Hall–Kier alpha value is -1.83. The number of aromatic nitrogens is 2. The van der Waals surface area contributed by atoms with Crippen LogP contribution in [0.5, 0.6) is 0 Å². The normalized spacial score (nSPS) is 10.8. The minimum Gasteiger partial charge on any atom is -0.355 e. The molecule has 25 heavy (non-hydrogen) atoms. The number of amides is 1. The van der Waals surface area contributed by atoms with E-state index in [1.54, 1.807) is 23.1 Å². The molecule has 0 spiro atoms. The van der Waals surface area contributed by atoms with Gasteiger partial charge in [0.05, 0.1) is 0 Å². The number of benzene rings is 1. The van der Waals surface area contributed by atoms with Gasteiger partial charge in [-0.2, -0.15) is 16.3 Å². The van der Waals surface area contributed by atoms with Crippen LogP contribution in [-0.2, 0) is 11.2 Å². The molecule has 8 heteroatoms. The van der Waals surface area contributed by atoms with E-state index in [9.17, 15) is 4.79 Å². The molecule has 0 aliphatic heterocycles.